The molecule has 0 fully saturated rings. The standard InChI is InChI=1S/C22H26ClN3O/c1-3-12-25(13-4-2)22(27)14-19(17-8-6-5-7-9-17)20-15-24-21-11-10-18(23)16-26(20)21/h5-11,15-16,19H,3-4,12-14H2,1-2H3. The minimum absolute atomic E-state index is 0.0663. The predicted molar refractivity (Wildman–Crippen MR) is 110 cm³/mol. The fourth-order valence-electron chi connectivity index (χ4n) is 3.51. The highest BCUT2D eigenvalue weighted by molar-refractivity contribution is 6.30. The number of fused-ring (bicyclic) bond motifs is 1. The average Bonchev–Trinajstić information content (AvgIpc) is 3.09. The number of carbonyl (C=O) groups is 1. The Morgan fingerprint density at radius 2 is 1.81 bits per heavy atom. The van der Waals surface area contributed by atoms with E-state index in [0.717, 1.165) is 42.8 Å². The topological polar surface area (TPSA) is 37.6 Å². The van der Waals surface area contributed by atoms with E-state index in [2.05, 4.69) is 31.0 Å². The Labute approximate surface area is 165 Å². The molecule has 0 bridgehead atoms. The molecule has 0 saturated carbocycles. The predicted octanol–water partition coefficient (Wildman–Crippen LogP) is 5.16. The van der Waals surface area contributed by atoms with Crippen molar-refractivity contribution >= 4 is 23.2 Å². The molecule has 1 aromatic carbocycles. The van der Waals surface area contributed by atoms with Gasteiger partial charge in [0.25, 0.3) is 0 Å². The van der Waals surface area contributed by atoms with Gasteiger partial charge in [-0.15, -0.1) is 0 Å². The van der Waals surface area contributed by atoms with Crippen molar-refractivity contribution in [1.29, 1.82) is 0 Å². The van der Waals surface area contributed by atoms with Crippen LogP contribution in [0.25, 0.3) is 5.65 Å². The zero-order valence-corrected chi connectivity index (χ0v) is 16.7. The highest BCUT2D eigenvalue weighted by Crippen LogP contribution is 2.30. The number of nitrogens with zero attached hydrogens (tertiary/aromatic N) is 3. The first-order chi connectivity index (χ1) is 13.1. The first-order valence-corrected chi connectivity index (χ1v) is 9.97. The molecule has 27 heavy (non-hydrogen) atoms. The van der Waals surface area contributed by atoms with E-state index in [1.165, 1.54) is 0 Å². The van der Waals surface area contributed by atoms with Gasteiger partial charge < -0.3 is 9.30 Å². The van der Waals surface area contributed by atoms with Gasteiger partial charge >= 0.3 is 0 Å². The van der Waals surface area contributed by atoms with Crippen molar-refractivity contribution in [1.82, 2.24) is 14.3 Å². The third kappa shape index (κ3) is 4.51. The van der Waals surface area contributed by atoms with Gasteiger partial charge in [0, 0.05) is 37.8 Å². The fraction of sp³-hybridized carbons (Fsp3) is 0.364. The molecule has 0 radical (unpaired) electrons. The molecular weight excluding hydrogens is 358 g/mol. The normalized spacial score (nSPS) is 12.3. The maximum Gasteiger partial charge on any atom is 0.223 e. The number of aromatic nitrogens is 2. The largest absolute Gasteiger partial charge is 0.343 e. The summed E-state index contributed by atoms with van der Waals surface area (Å²) in [4.78, 5) is 19.6. The molecule has 0 aliphatic carbocycles. The lowest BCUT2D eigenvalue weighted by Crippen LogP contribution is -2.33. The van der Waals surface area contributed by atoms with Crippen LogP contribution in [0.15, 0.2) is 54.9 Å². The third-order valence-electron chi connectivity index (χ3n) is 4.78. The maximum atomic E-state index is 13.1. The van der Waals surface area contributed by atoms with Gasteiger partial charge in [0.05, 0.1) is 10.7 Å². The lowest BCUT2D eigenvalue weighted by Gasteiger charge is -2.25. The number of halogens is 1. The molecule has 0 spiro atoms. The van der Waals surface area contributed by atoms with Gasteiger partial charge in [-0.3, -0.25) is 4.79 Å². The molecule has 1 unspecified atom stereocenters. The number of pyridine rings is 1. The van der Waals surface area contributed by atoms with E-state index < -0.39 is 0 Å². The molecule has 0 aliphatic rings. The van der Waals surface area contributed by atoms with Gasteiger partial charge in [-0.1, -0.05) is 55.8 Å². The molecule has 1 amide bonds. The maximum absolute atomic E-state index is 13.1. The van der Waals surface area contributed by atoms with Crippen LogP contribution in [0.1, 0.15) is 50.3 Å². The average molecular weight is 384 g/mol. The summed E-state index contributed by atoms with van der Waals surface area (Å²) < 4.78 is 2.00. The van der Waals surface area contributed by atoms with Gasteiger partial charge in [0.1, 0.15) is 5.65 Å². The van der Waals surface area contributed by atoms with Gasteiger partial charge in [0.15, 0.2) is 0 Å². The van der Waals surface area contributed by atoms with Crippen molar-refractivity contribution in [2.45, 2.75) is 39.0 Å². The fourth-order valence-corrected chi connectivity index (χ4v) is 3.68. The van der Waals surface area contributed by atoms with E-state index in [1.807, 2.05) is 52.0 Å². The monoisotopic (exact) mass is 383 g/mol. The molecule has 4 nitrogen and oxygen atoms in total. The highest BCUT2D eigenvalue weighted by atomic mass is 35.5. The van der Waals surface area contributed by atoms with E-state index in [-0.39, 0.29) is 11.8 Å². The Kier molecular flexibility index (Phi) is 6.51. The number of amides is 1. The molecule has 142 valence electrons. The number of imidazole rings is 1. The van der Waals surface area contributed by atoms with Crippen LogP contribution in [0, 0.1) is 0 Å². The lowest BCUT2D eigenvalue weighted by molar-refractivity contribution is -0.131. The van der Waals surface area contributed by atoms with Crippen LogP contribution in [0.5, 0.6) is 0 Å². The Balaban J connectivity index is 1.99. The minimum atomic E-state index is -0.0663. The van der Waals surface area contributed by atoms with E-state index in [1.54, 1.807) is 0 Å². The van der Waals surface area contributed by atoms with Crippen molar-refractivity contribution in [3.63, 3.8) is 0 Å². The minimum Gasteiger partial charge on any atom is -0.343 e. The summed E-state index contributed by atoms with van der Waals surface area (Å²) in [6.45, 7) is 5.81. The molecule has 1 atom stereocenters. The van der Waals surface area contributed by atoms with Gasteiger partial charge in [-0.2, -0.15) is 0 Å². The van der Waals surface area contributed by atoms with Gasteiger partial charge in [-0.25, -0.2) is 4.98 Å². The Hall–Kier alpha value is -2.33. The van der Waals surface area contributed by atoms with Gasteiger partial charge in [0.2, 0.25) is 5.91 Å². The summed E-state index contributed by atoms with van der Waals surface area (Å²) in [6, 6.07) is 13.9. The van der Waals surface area contributed by atoms with E-state index in [9.17, 15) is 4.79 Å². The Morgan fingerprint density at radius 1 is 1.11 bits per heavy atom. The molecule has 3 aromatic rings. The van der Waals surface area contributed by atoms with Crippen molar-refractivity contribution in [2.75, 3.05) is 13.1 Å². The quantitative estimate of drug-likeness (QED) is 0.538. The second-order valence-corrected chi connectivity index (χ2v) is 7.24. The number of hydrogen-bond donors (Lipinski definition) is 0. The van der Waals surface area contributed by atoms with Crippen LogP contribution in [0.3, 0.4) is 0 Å². The Bertz CT molecular complexity index is 885. The number of benzene rings is 1. The molecule has 0 aliphatic heterocycles. The molecular formula is C22H26ClN3O. The molecule has 0 saturated heterocycles. The first-order valence-electron chi connectivity index (χ1n) is 9.59. The second kappa shape index (κ2) is 9.05. The van der Waals surface area contributed by atoms with Crippen LogP contribution in [-0.2, 0) is 4.79 Å². The molecule has 5 heteroatoms. The number of carbonyl (C=O) groups excluding carboxylic acids is 1. The van der Waals surface area contributed by atoms with Crippen LogP contribution in [-0.4, -0.2) is 33.3 Å². The Morgan fingerprint density at radius 3 is 2.48 bits per heavy atom. The van der Waals surface area contributed by atoms with Crippen molar-refractivity contribution < 1.29 is 4.79 Å². The zero-order valence-electron chi connectivity index (χ0n) is 15.9. The van der Waals surface area contributed by atoms with Crippen molar-refractivity contribution in [3.05, 3.63) is 71.1 Å². The summed E-state index contributed by atoms with van der Waals surface area (Å²) in [5.41, 5.74) is 2.93. The zero-order chi connectivity index (χ0) is 19.2. The van der Waals surface area contributed by atoms with Crippen LogP contribution in [0.4, 0.5) is 0 Å². The molecule has 0 N–H and O–H groups in total. The van der Waals surface area contributed by atoms with E-state index in [0.29, 0.717) is 11.4 Å². The summed E-state index contributed by atoms with van der Waals surface area (Å²) in [6.07, 6.45) is 6.08. The highest BCUT2D eigenvalue weighted by Gasteiger charge is 2.24. The third-order valence-corrected chi connectivity index (χ3v) is 5.00. The number of rotatable bonds is 8. The van der Waals surface area contributed by atoms with E-state index >= 15 is 0 Å². The second-order valence-electron chi connectivity index (χ2n) is 6.81. The first kappa shape index (κ1) is 19.4. The summed E-state index contributed by atoms with van der Waals surface area (Å²) in [5, 5.41) is 0.651. The summed E-state index contributed by atoms with van der Waals surface area (Å²) in [7, 11) is 0. The summed E-state index contributed by atoms with van der Waals surface area (Å²) in [5.74, 6) is 0.118. The summed E-state index contributed by atoms with van der Waals surface area (Å²) >= 11 is 6.21. The van der Waals surface area contributed by atoms with E-state index in [4.69, 9.17) is 11.6 Å². The van der Waals surface area contributed by atoms with Crippen LogP contribution in [0.2, 0.25) is 5.02 Å². The smallest absolute Gasteiger partial charge is 0.223 e. The number of hydrogen-bond acceptors (Lipinski definition) is 2. The SMILES string of the molecule is CCCN(CCC)C(=O)CC(c1ccccc1)c1cnc2ccc(Cl)cn12. The van der Waals surface area contributed by atoms with Crippen molar-refractivity contribution in [2.24, 2.45) is 0 Å². The van der Waals surface area contributed by atoms with Gasteiger partial charge in [-0.05, 0) is 30.5 Å². The van der Waals surface area contributed by atoms with Crippen LogP contribution < -0.4 is 0 Å². The molecule has 2 aromatic heterocycles. The molecule has 2 heterocycles. The van der Waals surface area contributed by atoms with Crippen LogP contribution >= 0.6 is 11.6 Å². The molecule has 3 rings (SSSR count). The lowest BCUT2D eigenvalue weighted by atomic mass is 9.92. The van der Waals surface area contributed by atoms with Crippen molar-refractivity contribution in [3.8, 4) is 0 Å².